The fourth-order valence-corrected chi connectivity index (χ4v) is 1.96. The van der Waals surface area contributed by atoms with Crippen LogP contribution in [-0.2, 0) is 6.61 Å². The van der Waals surface area contributed by atoms with Gasteiger partial charge in [-0.05, 0) is 17.7 Å². The van der Waals surface area contributed by atoms with Crippen molar-refractivity contribution < 1.29 is 9.47 Å². The molecule has 0 bridgehead atoms. The molecular formula is C17H15N3O3. The van der Waals surface area contributed by atoms with E-state index in [0.29, 0.717) is 18.1 Å². The second-order valence-electron chi connectivity index (χ2n) is 4.80. The summed E-state index contributed by atoms with van der Waals surface area (Å²) in [6, 6.07) is 16.9. The predicted octanol–water partition coefficient (Wildman–Crippen LogP) is 2.72. The number of ether oxygens (including phenoxy) is 2. The Bertz CT molecular complexity index is 847. The minimum Gasteiger partial charge on any atom is -0.489 e. The van der Waals surface area contributed by atoms with Gasteiger partial charge in [-0.1, -0.05) is 36.4 Å². The molecule has 0 fully saturated rings. The quantitative estimate of drug-likeness (QED) is 0.756. The van der Waals surface area contributed by atoms with Crippen LogP contribution in [0.4, 0.5) is 5.69 Å². The van der Waals surface area contributed by atoms with Crippen LogP contribution in [0.1, 0.15) is 5.56 Å². The van der Waals surface area contributed by atoms with Crippen LogP contribution in [0.25, 0.3) is 0 Å². The molecule has 0 amide bonds. The zero-order chi connectivity index (χ0) is 16.1. The maximum absolute atomic E-state index is 11.4. The molecule has 3 rings (SSSR count). The Hall–Kier alpha value is -3.28. The third kappa shape index (κ3) is 3.68. The van der Waals surface area contributed by atoms with E-state index in [4.69, 9.17) is 15.2 Å². The van der Waals surface area contributed by atoms with Crippen molar-refractivity contribution in [3.63, 3.8) is 0 Å². The van der Waals surface area contributed by atoms with Crippen LogP contribution >= 0.6 is 0 Å². The summed E-state index contributed by atoms with van der Waals surface area (Å²) in [4.78, 5) is 17.7. The number of nitrogens with one attached hydrogen (secondary N) is 1. The van der Waals surface area contributed by atoms with E-state index in [1.165, 1.54) is 6.33 Å². The molecule has 0 aliphatic heterocycles. The van der Waals surface area contributed by atoms with Gasteiger partial charge in [0.25, 0.3) is 5.56 Å². The van der Waals surface area contributed by atoms with Crippen LogP contribution < -0.4 is 20.8 Å². The number of H-pyrrole nitrogens is 1. The highest BCUT2D eigenvalue weighted by Crippen LogP contribution is 2.26. The Morgan fingerprint density at radius 1 is 1.04 bits per heavy atom. The topological polar surface area (TPSA) is 90.2 Å². The maximum Gasteiger partial charge on any atom is 0.277 e. The Kier molecular flexibility index (Phi) is 4.24. The van der Waals surface area contributed by atoms with Gasteiger partial charge in [0.05, 0.1) is 6.33 Å². The fraction of sp³-hybridized carbons (Fsp3) is 0.0588. The summed E-state index contributed by atoms with van der Waals surface area (Å²) >= 11 is 0. The average molecular weight is 309 g/mol. The minimum atomic E-state index is -0.438. The van der Waals surface area contributed by atoms with Crippen LogP contribution in [0.15, 0.2) is 65.7 Å². The van der Waals surface area contributed by atoms with Gasteiger partial charge < -0.3 is 20.2 Å². The molecule has 3 N–H and O–H groups in total. The van der Waals surface area contributed by atoms with Gasteiger partial charge in [0.2, 0.25) is 5.88 Å². The van der Waals surface area contributed by atoms with Gasteiger partial charge in [-0.2, -0.15) is 0 Å². The molecule has 0 unspecified atom stereocenters. The highest BCUT2D eigenvalue weighted by atomic mass is 16.5. The van der Waals surface area contributed by atoms with E-state index < -0.39 is 5.56 Å². The van der Waals surface area contributed by atoms with Crippen molar-refractivity contribution in [3.05, 3.63) is 76.8 Å². The number of hydrogen-bond acceptors (Lipinski definition) is 5. The molecule has 3 aromatic rings. The number of aromatic nitrogens is 2. The lowest BCUT2D eigenvalue weighted by Crippen LogP contribution is -2.13. The van der Waals surface area contributed by atoms with Gasteiger partial charge >= 0.3 is 0 Å². The Labute approximate surface area is 132 Å². The fourth-order valence-electron chi connectivity index (χ4n) is 1.96. The number of anilines is 1. The molecule has 0 saturated carbocycles. The standard InChI is InChI=1S/C17H15N3O3/c18-15-16(21)19-11-20-17(15)23-14-8-4-7-13(9-14)22-10-12-5-2-1-3-6-12/h1-9,11H,10,18H2,(H,19,20,21). The van der Waals surface area contributed by atoms with E-state index in [2.05, 4.69) is 9.97 Å². The lowest BCUT2D eigenvalue weighted by molar-refractivity contribution is 0.304. The predicted molar refractivity (Wildman–Crippen MR) is 86.6 cm³/mol. The largest absolute Gasteiger partial charge is 0.489 e. The molecule has 0 aliphatic rings. The van der Waals surface area contributed by atoms with Crippen molar-refractivity contribution in [2.24, 2.45) is 0 Å². The van der Waals surface area contributed by atoms with Crippen LogP contribution in [-0.4, -0.2) is 9.97 Å². The summed E-state index contributed by atoms with van der Waals surface area (Å²) in [5, 5.41) is 0. The second-order valence-corrected chi connectivity index (χ2v) is 4.80. The summed E-state index contributed by atoms with van der Waals surface area (Å²) in [6.45, 7) is 0.454. The van der Waals surface area contributed by atoms with E-state index in [1.54, 1.807) is 18.2 Å². The molecule has 116 valence electrons. The van der Waals surface area contributed by atoms with Crippen molar-refractivity contribution in [2.45, 2.75) is 6.61 Å². The molecule has 23 heavy (non-hydrogen) atoms. The zero-order valence-corrected chi connectivity index (χ0v) is 12.2. The van der Waals surface area contributed by atoms with Crippen molar-refractivity contribution in [2.75, 3.05) is 5.73 Å². The molecule has 2 aromatic carbocycles. The van der Waals surface area contributed by atoms with E-state index in [-0.39, 0.29) is 11.6 Å². The SMILES string of the molecule is Nc1c(Oc2cccc(OCc3ccccc3)c2)nc[nH]c1=O. The summed E-state index contributed by atoms with van der Waals surface area (Å²) in [7, 11) is 0. The van der Waals surface area contributed by atoms with E-state index in [0.717, 1.165) is 5.56 Å². The maximum atomic E-state index is 11.4. The van der Waals surface area contributed by atoms with E-state index in [1.807, 2.05) is 36.4 Å². The van der Waals surface area contributed by atoms with Gasteiger partial charge in [-0.3, -0.25) is 4.79 Å². The first-order chi connectivity index (χ1) is 11.2. The molecule has 1 aromatic heterocycles. The highest BCUT2D eigenvalue weighted by molar-refractivity contribution is 5.47. The molecule has 6 heteroatoms. The van der Waals surface area contributed by atoms with Gasteiger partial charge in [0.1, 0.15) is 18.1 Å². The molecular weight excluding hydrogens is 294 g/mol. The number of hydrogen-bond donors (Lipinski definition) is 2. The van der Waals surface area contributed by atoms with Crippen molar-refractivity contribution in [1.82, 2.24) is 9.97 Å². The summed E-state index contributed by atoms with van der Waals surface area (Å²) < 4.78 is 11.3. The molecule has 0 radical (unpaired) electrons. The number of nitrogens with two attached hydrogens (primary N) is 1. The summed E-state index contributed by atoms with van der Waals surface area (Å²) in [6.07, 6.45) is 1.24. The Morgan fingerprint density at radius 3 is 2.65 bits per heavy atom. The first kappa shape index (κ1) is 14.6. The van der Waals surface area contributed by atoms with Gasteiger partial charge in [-0.15, -0.1) is 0 Å². The van der Waals surface area contributed by atoms with Crippen LogP contribution in [0, 0.1) is 0 Å². The monoisotopic (exact) mass is 309 g/mol. The third-order valence-electron chi connectivity index (χ3n) is 3.12. The Morgan fingerprint density at radius 2 is 1.83 bits per heavy atom. The first-order valence-corrected chi connectivity index (χ1v) is 7.00. The smallest absolute Gasteiger partial charge is 0.277 e. The van der Waals surface area contributed by atoms with Crippen LogP contribution in [0.5, 0.6) is 17.4 Å². The Balaban J connectivity index is 1.72. The third-order valence-corrected chi connectivity index (χ3v) is 3.12. The number of aromatic amines is 1. The van der Waals surface area contributed by atoms with E-state index >= 15 is 0 Å². The average Bonchev–Trinajstić information content (AvgIpc) is 2.59. The van der Waals surface area contributed by atoms with Crippen LogP contribution in [0.3, 0.4) is 0 Å². The van der Waals surface area contributed by atoms with Crippen molar-refractivity contribution >= 4 is 5.69 Å². The zero-order valence-electron chi connectivity index (χ0n) is 12.2. The van der Waals surface area contributed by atoms with Crippen molar-refractivity contribution in [1.29, 1.82) is 0 Å². The number of benzene rings is 2. The number of rotatable bonds is 5. The van der Waals surface area contributed by atoms with Gasteiger partial charge in [-0.25, -0.2) is 4.98 Å². The highest BCUT2D eigenvalue weighted by Gasteiger charge is 2.07. The molecule has 0 atom stereocenters. The van der Waals surface area contributed by atoms with Crippen molar-refractivity contribution in [3.8, 4) is 17.4 Å². The number of nitrogens with zero attached hydrogens (tertiary/aromatic N) is 1. The van der Waals surface area contributed by atoms with E-state index in [9.17, 15) is 4.79 Å². The number of nitrogen functional groups attached to an aromatic ring is 1. The summed E-state index contributed by atoms with van der Waals surface area (Å²) in [5.41, 5.74) is 6.20. The molecule has 0 saturated heterocycles. The lowest BCUT2D eigenvalue weighted by Gasteiger charge is -2.09. The molecule has 1 heterocycles. The molecule has 0 aliphatic carbocycles. The normalized spacial score (nSPS) is 10.3. The molecule has 6 nitrogen and oxygen atoms in total. The lowest BCUT2D eigenvalue weighted by atomic mass is 10.2. The minimum absolute atomic E-state index is 0.0639. The van der Waals surface area contributed by atoms with Gasteiger partial charge in [0.15, 0.2) is 5.69 Å². The van der Waals surface area contributed by atoms with Crippen LogP contribution in [0.2, 0.25) is 0 Å². The first-order valence-electron chi connectivity index (χ1n) is 7.00. The molecule has 0 spiro atoms. The second kappa shape index (κ2) is 6.65. The van der Waals surface area contributed by atoms with Gasteiger partial charge in [0, 0.05) is 6.07 Å². The summed E-state index contributed by atoms with van der Waals surface area (Å²) in [5.74, 6) is 1.20.